The number of nitrogens with zero attached hydrogens (tertiary/aromatic N) is 1. The van der Waals surface area contributed by atoms with E-state index in [0.717, 1.165) is 12.0 Å². The van der Waals surface area contributed by atoms with Crippen LogP contribution in [-0.4, -0.2) is 24.5 Å². The Morgan fingerprint density at radius 3 is 2.72 bits per heavy atom. The molecule has 1 unspecified atom stereocenters. The average molecular weight is 250 g/mol. The van der Waals surface area contributed by atoms with Gasteiger partial charge in [0, 0.05) is 18.3 Å². The van der Waals surface area contributed by atoms with E-state index in [9.17, 15) is 9.18 Å². The minimum Gasteiger partial charge on any atom is -0.311 e. The van der Waals surface area contributed by atoms with Crippen molar-refractivity contribution in [3.05, 3.63) is 29.6 Å². The van der Waals surface area contributed by atoms with Crippen LogP contribution in [0.2, 0.25) is 0 Å². The monoisotopic (exact) mass is 250 g/mol. The zero-order valence-corrected chi connectivity index (χ0v) is 11.0. The molecule has 98 valence electrons. The molecular formula is C14H19FN2O. The molecule has 1 fully saturated rings. The molecule has 0 saturated carbocycles. The van der Waals surface area contributed by atoms with Crippen molar-refractivity contribution in [1.29, 1.82) is 0 Å². The number of carbonyl (C=O) groups excluding carboxylic acids is 1. The fraction of sp³-hybridized carbons (Fsp3) is 0.500. The highest BCUT2D eigenvalue weighted by atomic mass is 19.1. The van der Waals surface area contributed by atoms with Crippen LogP contribution in [0.15, 0.2) is 18.2 Å². The van der Waals surface area contributed by atoms with Gasteiger partial charge in [-0.1, -0.05) is 13.8 Å². The maximum Gasteiger partial charge on any atom is 0.244 e. The molecule has 0 spiro atoms. The number of nitrogens with one attached hydrogen (secondary N) is 1. The van der Waals surface area contributed by atoms with Gasteiger partial charge < -0.3 is 10.2 Å². The summed E-state index contributed by atoms with van der Waals surface area (Å²) in [5, 5.41) is 3.24. The molecule has 1 heterocycles. The van der Waals surface area contributed by atoms with E-state index in [0.29, 0.717) is 12.2 Å². The predicted molar refractivity (Wildman–Crippen MR) is 70.2 cm³/mol. The summed E-state index contributed by atoms with van der Waals surface area (Å²) in [6.45, 7) is 6.51. The summed E-state index contributed by atoms with van der Waals surface area (Å²) in [5.41, 5.74) is 1.49. The average Bonchev–Trinajstić information content (AvgIpc) is 2.58. The molecule has 0 radical (unpaired) electrons. The maximum absolute atomic E-state index is 13.4. The van der Waals surface area contributed by atoms with Crippen molar-refractivity contribution < 1.29 is 9.18 Å². The number of halogens is 1. The number of anilines is 1. The Hall–Kier alpha value is -1.42. The number of aryl methyl sites for hydroxylation is 1. The molecule has 1 atom stereocenters. The fourth-order valence-electron chi connectivity index (χ4n) is 2.37. The third-order valence-electron chi connectivity index (χ3n) is 3.08. The van der Waals surface area contributed by atoms with Crippen LogP contribution in [0.3, 0.4) is 0 Å². The van der Waals surface area contributed by atoms with E-state index in [1.54, 1.807) is 4.90 Å². The first-order valence-corrected chi connectivity index (χ1v) is 6.32. The third-order valence-corrected chi connectivity index (χ3v) is 3.08. The second-order valence-corrected chi connectivity index (χ2v) is 5.14. The summed E-state index contributed by atoms with van der Waals surface area (Å²) in [7, 11) is 0. The largest absolute Gasteiger partial charge is 0.311 e. The molecule has 1 aromatic carbocycles. The van der Waals surface area contributed by atoms with Crippen LogP contribution < -0.4 is 10.2 Å². The standard InChI is InChI=1S/C14H19FN2O/c1-9(2)16-13-4-5-17(14(13)18)12-7-10(3)6-11(15)8-12/h6-9,13,16H,4-5H2,1-3H3. The third kappa shape index (κ3) is 2.70. The molecule has 3 nitrogen and oxygen atoms in total. The lowest BCUT2D eigenvalue weighted by Crippen LogP contribution is -2.41. The minimum absolute atomic E-state index is 0.0358. The van der Waals surface area contributed by atoms with E-state index in [4.69, 9.17) is 0 Å². The number of amides is 1. The number of rotatable bonds is 3. The molecule has 1 amide bonds. The Balaban J connectivity index is 2.18. The van der Waals surface area contributed by atoms with Gasteiger partial charge in [-0.25, -0.2) is 4.39 Å². The summed E-state index contributed by atoms with van der Waals surface area (Å²) in [4.78, 5) is 13.9. The summed E-state index contributed by atoms with van der Waals surface area (Å²) in [6, 6.07) is 4.86. The number of carbonyl (C=O) groups is 1. The van der Waals surface area contributed by atoms with Crippen LogP contribution in [0.25, 0.3) is 0 Å². The zero-order valence-electron chi connectivity index (χ0n) is 11.0. The first-order valence-electron chi connectivity index (χ1n) is 6.32. The van der Waals surface area contributed by atoms with Gasteiger partial charge >= 0.3 is 0 Å². The Morgan fingerprint density at radius 2 is 2.11 bits per heavy atom. The fourth-order valence-corrected chi connectivity index (χ4v) is 2.37. The number of hydrogen-bond donors (Lipinski definition) is 1. The Labute approximate surface area is 107 Å². The SMILES string of the molecule is Cc1cc(F)cc(N2CCC(NC(C)C)C2=O)c1. The van der Waals surface area contributed by atoms with Crippen LogP contribution in [0.4, 0.5) is 10.1 Å². The van der Waals surface area contributed by atoms with Gasteiger partial charge in [-0.15, -0.1) is 0 Å². The lowest BCUT2D eigenvalue weighted by Gasteiger charge is -2.19. The molecule has 1 aliphatic heterocycles. The van der Waals surface area contributed by atoms with E-state index in [1.807, 2.05) is 26.8 Å². The highest BCUT2D eigenvalue weighted by molar-refractivity contribution is 5.99. The van der Waals surface area contributed by atoms with Gasteiger partial charge in [0.15, 0.2) is 0 Å². The van der Waals surface area contributed by atoms with Crippen LogP contribution in [0.1, 0.15) is 25.8 Å². The molecular weight excluding hydrogens is 231 g/mol. The molecule has 18 heavy (non-hydrogen) atoms. The summed E-state index contributed by atoms with van der Waals surface area (Å²) >= 11 is 0. The molecule has 1 aromatic rings. The van der Waals surface area contributed by atoms with Gasteiger partial charge in [0.05, 0.1) is 6.04 Å². The second kappa shape index (κ2) is 5.06. The van der Waals surface area contributed by atoms with Gasteiger partial charge in [0.25, 0.3) is 0 Å². The first-order chi connectivity index (χ1) is 8.47. The molecule has 0 aromatic heterocycles. The first kappa shape index (κ1) is 13.0. The van der Waals surface area contributed by atoms with E-state index < -0.39 is 0 Å². The lowest BCUT2D eigenvalue weighted by molar-refractivity contribution is -0.118. The van der Waals surface area contributed by atoms with Crippen molar-refractivity contribution in [1.82, 2.24) is 5.32 Å². The zero-order chi connectivity index (χ0) is 13.3. The summed E-state index contributed by atoms with van der Waals surface area (Å²) in [5.74, 6) is -0.258. The smallest absolute Gasteiger partial charge is 0.244 e. The van der Waals surface area contributed by atoms with E-state index in [-0.39, 0.29) is 23.8 Å². The second-order valence-electron chi connectivity index (χ2n) is 5.14. The van der Waals surface area contributed by atoms with E-state index >= 15 is 0 Å². The van der Waals surface area contributed by atoms with Gasteiger partial charge in [-0.2, -0.15) is 0 Å². The van der Waals surface area contributed by atoms with Gasteiger partial charge in [-0.3, -0.25) is 4.79 Å². The van der Waals surface area contributed by atoms with Crippen molar-refractivity contribution in [2.75, 3.05) is 11.4 Å². The molecule has 1 aliphatic rings. The molecule has 0 bridgehead atoms. The van der Waals surface area contributed by atoms with Gasteiger partial charge in [0.1, 0.15) is 5.82 Å². The van der Waals surface area contributed by atoms with Crippen LogP contribution in [0, 0.1) is 12.7 Å². The quantitative estimate of drug-likeness (QED) is 0.892. The minimum atomic E-state index is -0.293. The van der Waals surface area contributed by atoms with Crippen molar-refractivity contribution in [2.24, 2.45) is 0 Å². The van der Waals surface area contributed by atoms with Crippen LogP contribution in [-0.2, 0) is 4.79 Å². The summed E-state index contributed by atoms with van der Waals surface area (Å²) < 4.78 is 13.4. The Kier molecular flexibility index (Phi) is 3.66. The number of benzene rings is 1. The van der Waals surface area contributed by atoms with Crippen molar-refractivity contribution in [3.63, 3.8) is 0 Å². The van der Waals surface area contributed by atoms with Crippen molar-refractivity contribution >= 4 is 11.6 Å². The molecule has 4 heteroatoms. The Morgan fingerprint density at radius 1 is 1.39 bits per heavy atom. The van der Waals surface area contributed by atoms with Gasteiger partial charge in [-0.05, 0) is 37.1 Å². The topological polar surface area (TPSA) is 32.3 Å². The number of hydrogen-bond acceptors (Lipinski definition) is 2. The lowest BCUT2D eigenvalue weighted by atomic mass is 10.2. The Bertz CT molecular complexity index is 439. The highest BCUT2D eigenvalue weighted by Crippen LogP contribution is 2.24. The molecule has 2 rings (SSSR count). The van der Waals surface area contributed by atoms with Crippen LogP contribution >= 0.6 is 0 Å². The van der Waals surface area contributed by atoms with Gasteiger partial charge in [0.2, 0.25) is 5.91 Å². The summed E-state index contributed by atoms with van der Waals surface area (Å²) in [6.07, 6.45) is 0.770. The van der Waals surface area contributed by atoms with Crippen molar-refractivity contribution in [3.8, 4) is 0 Å². The normalized spacial score (nSPS) is 19.9. The van der Waals surface area contributed by atoms with E-state index in [1.165, 1.54) is 12.1 Å². The van der Waals surface area contributed by atoms with Crippen LogP contribution in [0.5, 0.6) is 0 Å². The molecule has 1 saturated heterocycles. The highest BCUT2D eigenvalue weighted by Gasteiger charge is 2.32. The molecule has 1 N–H and O–H groups in total. The molecule has 0 aliphatic carbocycles. The predicted octanol–water partition coefficient (Wildman–Crippen LogP) is 2.24. The van der Waals surface area contributed by atoms with E-state index in [2.05, 4.69) is 5.32 Å². The van der Waals surface area contributed by atoms with Crippen molar-refractivity contribution in [2.45, 2.75) is 39.3 Å². The maximum atomic E-state index is 13.4.